The summed E-state index contributed by atoms with van der Waals surface area (Å²) < 4.78 is 189. The summed E-state index contributed by atoms with van der Waals surface area (Å²) >= 11 is 0. The smallest absolute Gasteiger partial charge is 0.292 e. The van der Waals surface area contributed by atoms with Crippen molar-refractivity contribution in [1.82, 2.24) is 0 Å². The lowest BCUT2D eigenvalue weighted by atomic mass is 9.93. The molecule has 0 aromatic rings. The Morgan fingerprint density at radius 1 is 0.577 bits per heavy atom. The van der Waals surface area contributed by atoms with Gasteiger partial charge in [0.05, 0.1) is 0 Å². The predicted octanol–water partition coefficient (Wildman–Crippen LogP) is 5.46. The molecule has 0 aliphatic rings. The van der Waals surface area contributed by atoms with Crippen molar-refractivity contribution in [3.05, 3.63) is 11.7 Å². The van der Waals surface area contributed by atoms with E-state index in [1.165, 1.54) is 0 Å². The van der Waals surface area contributed by atoms with E-state index in [4.69, 9.17) is 0 Å². The largest absolute Gasteiger partial charge is 0.460 e. The Labute approximate surface area is 132 Å². The van der Waals surface area contributed by atoms with Crippen LogP contribution in [0.3, 0.4) is 0 Å². The molecule has 1 nitrogen and oxygen atoms in total. The number of Topliss-reactive ketones (excluding diaryl/α,β-unsaturated/α-hetero) is 1. The Bertz CT molecular complexity index is 596. The normalized spacial score (nSPS) is 16.5. The van der Waals surface area contributed by atoms with Crippen molar-refractivity contribution >= 4 is 5.78 Å². The van der Waals surface area contributed by atoms with Gasteiger partial charge in [0.1, 0.15) is 0 Å². The van der Waals surface area contributed by atoms with Crippen LogP contribution in [-0.4, -0.2) is 41.6 Å². The van der Waals surface area contributed by atoms with Gasteiger partial charge in [-0.3, -0.25) is 4.79 Å². The van der Waals surface area contributed by atoms with E-state index >= 15 is 0 Å². The number of hydrogen-bond acceptors (Lipinski definition) is 1. The van der Waals surface area contributed by atoms with Crippen molar-refractivity contribution in [1.29, 1.82) is 0 Å². The van der Waals surface area contributed by atoms with Crippen molar-refractivity contribution in [2.45, 2.75) is 42.7 Å². The van der Waals surface area contributed by atoms with Gasteiger partial charge in [-0.1, -0.05) is 0 Å². The molecule has 154 valence electrons. The lowest BCUT2D eigenvalue weighted by molar-refractivity contribution is -0.437. The minimum Gasteiger partial charge on any atom is -0.292 e. The van der Waals surface area contributed by atoms with Crippen LogP contribution in [0.25, 0.3) is 0 Å². The molecular formula is C10H3F15O. The van der Waals surface area contributed by atoms with Crippen LogP contribution in [0.15, 0.2) is 11.7 Å². The molecule has 0 atom stereocenters. The first-order chi connectivity index (χ1) is 11.0. The lowest BCUT2D eigenvalue weighted by Gasteiger charge is -2.39. The summed E-state index contributed by atoms with van der Waals surface area (Å²) in [6.45, 7) is -0.117. The predicted molar refractivity (Wildman–Crippen MR) is 50.7 cm³/mol. The molecule has 0 saturated heterocycles. The number of carbonyl (C=O) groups excluding carboxylic acids is 1. The van der Waals surface area contributed by atoms with Crippen LogP contribution < -0.4 is 0 Å². The first-order valence-electron chi connectivity index (χ1n) is 5.54. The van der Waals surface area contributed by atoms with Crippen molar-refractivity contribution in [3.63, 3.8) is 0 Å². The van der Waals surface area contributed by atoms with Crippen LogP contribution >= 0.6 is 0 Å². The van der Waals surface area contributed by atoms with E-state index in [1.807, 2.05) is 0 Å². The number of carbonyl (C=O) groups is 1. The topological polar surface area (TPSA) is 17.1 Å². The van der Waals surface area contributed by atoms with E-state index in [0.717, 1.165) is 0 Å². The summed E-state index contributed by atoms with van der Waals surface area (Å²) in [5, 5.41) is 0. The van der Waals surface area contributed by atoms with E-state index in [2.05, 4.69) is 0 Å². The molecule has 0 bridgehead atoms. The van der Waals surface area contributed by atoms with Gasteiger partial charge >= 0.3 is 35.8 Å². The van der Waals surface area contributed by atoms with E-state index < -0.39 is 53.2 Å². The molecule has 0 saturated carbocycles. The van der Waals surface area contributed by atoms with Crippen molar-refractivity contribution in [2.75, 3.05) is 0 Å². The summed E-state index contributed by atoms with van der Waals surface area (Å²) in [6, 6.07) is 0. The van der Waals surface area contributed by atoms with Gasteiger partial charge in [-0.25, -0.2) is 4.39 Å². The van der Waals surface area contributed by atoms with E-state index in [1.54, 1.807) is 0 Å². The number of hydrogen-bond donors (Lipinski definition) is 0. The zero-order chi connectivity index (χ0) is 21.7. The number of alkyl halides is 13. The molecule has 0 rings (SSSR count). The van der Waals surface area contributed by atoms with Crippen molar-refractivity contribution < 1.29 is 70.7 Å². The van der Waals surface area contributed by atoms with Crippen LogP contribution in [0.1, 0.15) is 6.92 Å². The molecule has 0 spiro atoms. The zero-order valence-electron chi connectivity index (χ0n) is 11.6. The molecule has 0 aliphatic heterocycles. The van der Waals surface area contributed by atoms with Crippen LogP contribution in [0.4, 0.5) is 65.9 Å². The average molecular weight is 424 g/mol. The SMILES string of the molecule is CC(=O)C(F)=C(F)C(F)(F)C(F)(F)C(F)(F)C(F)(F)C(F)(F)C(F)(F)F. The van der Waals surface area contributed by atoms with Gasteiger partial charge in [0.15, 0.2) is 5.78 Å². The molecule has 0 aromatic heterocycles. The third kappa shape index (κ3) is 3.10. The Balaban J connectivity index is 6.61. The highest BCUT2D eigenvalue weighted by Crippen LogP contribution is 2.61. The molecular weight excluding hydrogens is 421 g/mol. The van der Waals surface area contributed by atoms with Crippen LogP contribution in [0, 0.1) is 0 Å². The summed E-state index contributed by atoms with van der Waals surface area (Å²) in [5.41, 5.74) is 0. The molecule has 16 heteroatoms. The van der Waals surface area contributed by atoms with Crippen LogP contribution in [0.2, 0.25) is 0 Å². The van der Waals surface area contributed by atoms with E-state index in [9.17, 15) is 70.7 Å². The first-order valence-corrected chi connectivity index (χ1v) is 5.54. The zero-order valence-corrected chi connectivity index (χ0v) is 11.6. The third-order valence-corrected chi connectivity index (χ3v) is 2.71. The summed E-state index contributed by atoms with van der Waals surface area (Å²) in [6.07, 6.45) is -7.62. The Hall–Kier alpha value is -1.64. The summed E-state index contributed by atoms with van der Waals surface area (Å²) in [7, 11) is 0. The average Bonchev–Trinajstić information content (AvgIpc) is 2.43. The van der Waals surface area contributed by atoms with Gasteiger partial charge in [-0.15, -0.1) is 0 Å². The molecule has 0 unspecified atom stereocenters. The van der Waals surface area contributed by atoms with Gasteiger partial charge in [-0.2, -0.15) is 61.5 Å². The molecule has 0 heterocycles. The maximum absolute atomic E-state index is 13.0. The quantitative estimate of drug-likeness (QED) is 0.409. The molecule has 0 aromatic carbocycles. The number of ketones is 1. The second-order valence-corrected chi connectivity index (χ2v) is 4.55. The fourth-order valence-electron chi connectivity index (χ4n) is 1.20. The van der Waals surface area contributed by atoms with E-state index in [0.29, 0.717) is 0 Å². The third-order valence-electron chi connectivity index (χ3n) is 2.71. The maximum Gasteiger partial charge on any atom is 0.460 e. The fraction of sp³-hybridized carbons (Fsp3) is 0.700. The van der Waals surface area contributed by atoms with Crippen molar-refractivity contribution in [3.8, 4) is 0 Å². The number of rotatable bonds is 6. The van der Waals surface area contributed by atoms with Crippen LogP contribution in [-0.2, 0) is 4.79 Å². The molecule has 0 amide bonds. The summed E-state index contributed by atoms with van der Waals surface area (Å²) in [5.74, 6) is -50.2. The van der Waals surface area contributed by atoms with E-state index in [-0.39, 0.29) is 6.92 Å². The Morgan fingerprint density at radius 2 is 0.885 bits per heavy atom. The van der Waals surface area contributed by atoms with Gasteiger partial charge in [0.25, 0.3) is 0 Å². The highest BCUT2D eigenvalue weighted by molar-refractivity contribution is 5.91. The van der Waals surface area contributed by atoms with Gasteiger partial charge < -0.3 is 0 Å². The van der Waals surface area contributed by atoms with Gasteiger partial charge in [0.2, 0.25) is 11.7 Å². The molecule has 26 heavy (non-hydrogen) atoms. The Kier molecular flexibility index (Phi) is 5.82. The van der Waals surface area contributed by atoms with Gasteiger partial charge in [-0.05, 0) is 0 Å². The van der Waals surface area contributed by atoms with Gasteiger partial charge in [0, 0.05) is 6.92 Å². The highest BCUT2D eigenvalue weighted by atomic mass is 19.4. The first kappa shape index (κ1) is 24.4. The maximum atomic E-state index is 13.0. The second-order valence-electron chi connectivity index (χ2n) is 4.55. The molecule has 0 N–H and O–H groups in total. The van der Waals surface area contributed by atoms with Crippen LogP contribution in [0.5, 0.6) is 0 Å². The number of halogens is 15. The molecule has 0 aliphatic carbocycles. The molecule has 0 fully saturated rings. The minimum atomic E-state index is -8.27. The minimum absolute atomic E-state index is 0.117. The fourth-order valence-corrected chi connectivity index (χ4v) is 1.20. The molecule has 0 radical (unpaired) electrons. The lowest BCUT2D eigenvalue weighted by Crippen LogP contribution is -2.70. The Morgan fingerprint density at radius 3 is 1.15 bits per heavy atom. The van der Waals surface area contributed by atoms with Crippen molar-refractivity contribution in [2.24, 2.45) is 0 Å². The second kappa shape index (κ2) is 6.21. The standard InChI is InChI=1S/C10H3F15O/c1-2(26)3(11)4(12)5(13,14)6(15,16)7(17,18)8(19,20)9(21,22)10(23,24)25/h1H3. The highest BCUT2D eigenvalue weighted by Gasteiger charge is 2.91. The summed E-state index contributed by atoms with van der Waals surface area (Å²) in [4.78, 5) is 10.2. The number of allylic oxidation sites excluding steroid dienone is 2. The monoisotopic (exact) mass is 424 g/mol.